The molecule has 3 heteroatoms. The van der Waals surface area contributed by atoms with Crippen LogP contribution in [-0.4, -0.2) is 44.4 Å². The van der Waals surface area contributed by atoms with Crippen molar-refractivity contribution in [2.24, 2.45) is 0 Å². The molecular formula is C16H25NO2. The van der Waals surface area contributed by atoms with Crippen LogP contribution in [0.4, 0.5) is 0 Å². The molecule has 0 amide bonds. The van der Waals surface area contributed by atoms with Crippen molar-refractivity contribution >= 4 is 0 Å². The average molecular weight is 263 g/mol. The zero-order valence-electron chi connectivity index (χ0n) is 12.4. The minimum Gasteiger partial charge on any atom is -0.377 e. The molecule has 1 saturated heterocycles. The highest BCUT2D eigenvalue weighted by atomic mass is 16.5. The third kappa shape index (κ3) is 3.56. The topological polar surface area (TPSA) is 21.7 Å². The van der Waals surface area contributed by atoms with Crippen molar-refractivity contribution in [1.82, 2.24) is 4.90 Å². The molecule has 0 aromatic heterocycles. The molecule has 1 fully saturated rings. The summed E-state index contributed by atoms with van der Waals surface area (Å²) in [6.45, 7) is 7.31. The quantitative estimate of drug-likeness (QED) is 0.815. The fraction of sp³-hybridized carbons (Fsp3) is 0.625. The van der Waals surface area contributed by atoms with Gasteiger partial charge in [-0.05, 0) is 17.0 Å². The zero-order valence-corrected chi connectivity index (χ0v) is 12.4. The number of rotatable bonds is 5. The second-order valence-corrected chi connectivity index (χ2v) is 5.64. The Morgan fingerprint density at radius 1 is 1.05 bits per heavy atom. The van der Waals surface area contributed by atoms with Crippen LogP contribution in [0.5, 0.6) is 0 Å². The zero-order chi connectivity index (χ0) is 13.8. The van der Waals surface area contributed by atoms with E-state index in [0.717, 1.165) is 19.6 Å². The summed E-state index contributed by atoms with van der Waals surface area (Å²) in [5.41, 5.74) is 2.76. The second-order valence-electron chi connectivity index (χ2n) is 5.64. The summed E-state index contributed by atoms with van der Waals surface area (Å²) in [5.74, 6) is 0.594. The molecule has 0 aliphatic carbocycles. The Hall–Kier alpha value is -0.900. The van der Waals surface area contributed by atoms with Crippen LogP contribution in [0.15, 0.2) is 24.3 Å². The van der Waals surface area contributed by atoms with E-state index in [1.165, 1.54) is 11.1 Å². The van der Waals surface area contributed by atoms with Gasteiger partial charge in [0.1, 0.15) is 0 Å². The first-order chi connectivity index (χ1) is 9.13. The molecule has 1 heterocycles. The maximum Gasteiger partial charge on any atom is 0.0971 e. The summed E-state index contributed by atoms with van der Waals surface area (Å²) < 4.78 is 10.9. The molecule has 3 nitrogen and oxygen atoms in total. The predicted octanol–water partition coefficient (Wildman–Crippen LogP) is 2.66. The number of benzene rings is 1. The first-order valence-electron chi connectivity index (χ1n) is 7.00. The van der Waals surface area contributed by atoms with Gasteiger partial charge in [0.25, 0.3) is 0 Å². The number of hydrogen-bond donors (Lipinski definition) is 0. The van der Waals surface area contributed by atoms with Gasteiger partial charge in [0.05, 0.1) is 12.2 Å². The fourth-order valence-electron chi connectivity index (χ4n) is 2.67. The van der Waals surface area contributed by atoms with E-state index < -0.39 is 0 Å². The monoisotopic (exact) mass is 263 g/mol. The van der Waals surface area contributed by atoms with Crippen LogP contribution < -0.4 is 0 Å². The lowest BCUT2D eigenvalue weighted by atomic mass is 10.0. The van der Waals surface area contributed by atoms with Crippen LogP contribution >= 0.6 is 0 Å². The fourth-order valence-corrected chi connectivity index (χ4v) is 2.67. The average Bonchev–Trinajstić information content (AvgIpc) is 2.81. The van der Waals surface area contributed by atoms with E-state index in [1.54, 1.807) is 14.2 Å². The molecule has 0 radical (unpaired) electrons. The maximum absolute atomic E-state index is 5.47. The Morgan fingerprint density at radius 2 is 1.58 bits per heavy atom. The molecule has 0 N–H and O–H groups in total. The second kappa shape index (κ2) is 6.51. The lowest BCUT2D eigenvalue weighted by molar-refractivity contribution is -0.00461. The lowest BCUT2D eigenvalue weighted by Gasteiger charge is -2.15. The van der Waals surface area contributed by atoms with E-state index in [0.29, 0.717) is 5.92 Å². The number of likely N-dealkylation sites (tertiary alicyclic amines) is 1. The minimum atomic E-state index is 0.194. The van der Waals surface area contributed by atoms with Gasteiger partial charge >= 0.3 is 0 Å². The van der Waals surface area contributed by atoms with Crippen LogP contribution in [0.2, 0.25) is 0 Å². The maximum atomic E-state index is 5.47. The Labute approximate surface area is 116 Å². The summed E-state index contributed by atoms with van der Waals surface area (Å²) in [6.07, 6.45) is 0.389. The van der Waals surface area contributed by atoms with Crippen molar-refractivity contribution in [1.29, 1.82) is 0 Å². The van der Waals surface area contributed by atoms with Crippen LogP contribution in [0.25, 0.3) is 0 Å². The van der Waals surface area contributed by atoms with E-state index in [4.69, 9.17) is 9.47 Å². The van der Waals surface area contributed by atoms with Crippen LogP contribution in [0, 0.1) is 0 Å². The van der Waals surface area contributed by atoms with E-state index in [1.807, 2.05) is 0 Å². The van der Waals surface area contributed by atoms with Gasteiger partial charge in [0, 0.05) is 33.9 Å². The lowest BCUT2D eigenvalue weighted by Crippen LogP contribution is -2.27. The molecule has 2 unspecified atom stereocenters. The molecule has 2 atom stereocenters. The Kier molecular flexibility index (Phi) is 4.97. The van der Waals surface area contributed by atoms with Crippen LogP contribution in [0.1, 0.15) is 30.9 Å². The molecule has 2 rings (SSSR count). The third-order valence-corrected chi connectivity index (χ3v) is 3.95. The van der Waals surface area contributed by atoms with Gasteiger partial charge in [0.15, 0.2) is 0 Å². The van der Waals surface area contributed by atoms with Gasteiger partial charge in [-0.15, -0.1) is 0 Å². The summed E-state index contributed by atoms with van der Waals surface area (Å²) >= 11 is 0. The molecule has 0 bridgehead atoms. The standard InChI is InChI=1S/C16H25NO2/c1-12(2)14-7-5-13(6-8-14)9-17-10-15(18-3)16(11-17)19-4/h5-8,12,15-16H,9-11H2,1-4H3. The normalized spacial score (nSPS) is 24.3. The SMILES string of the molecule is COC1CN(Cc2ccc(C(C)C)cc2)CC1OC. The van der Waals surface area contributed by atoms with Crippen molar-refractivity contribution in [2.45, 2.75) is 38.5 Å². The Morgan fingerprint density at radius 3 is 2.00 bits per heavy atom. The first kappa shape index (κ1) is 14.5. The van der Waals surface area contributed by atoms with Crippen molar-refractivity contribution in [3.05, 3.63) is 35.4 Å². The molecule has 1 aromatic rings. The van der Waals surface area contributed by atoms with Gasteiger partial charge < -0.3 is 9.47 Å². The highest BCUT2D eigenvalue weighted by molar-refractivity contribution is 5.24. The van der Waals surface area contributed by atoms with Crippen LogP contribution in [-0.2, 0) is 16.0 Å². The van der Waals surface area contributed by atoms with Gasteiger partial charge in [-0.25, -0.2) is 0 Å². The van der Waals surface area contributed by atoms with Crippen molar-refractivity contribution in [3.63, 3.8) is 0 Å². The van der Waals surface area contributed by atoms with Gasteiger partial charge in [-0.3, -0.25) is 4.90 Å². The molecule has 1 aromatic carbocycles. The van der Waals surface area contributed by atoms with Crippen molar-refractivity contribution < 1.29 is 9.47 Å². The molecule has 1 aliphatic heterocycles. The molecule has 0 spiro atoms. The molecule has 1 aliphatic rings. The summed E-state index contributed by atoms with van der Waals surface area (Å²) in [5, 5.41) is 0. The third-order valence-electron chi connectivity index (χ3n) is 3.95. The van der Waals surface area contributed by atoms with Gasteiger partial charge in [0.2, 0.25) is 0 Å². The van der Waals surface area contributed by atoms with Crippen molar-refractivity contribution in [3.8, 4) is 0 Å². The van der Waals surface area contributed by atoms with Crippen molar-refractivity contribution in [2.75, 3.05) is 27.3 Å². The first-order valence-corrected chi connectivity index (χ1v) is 7.00. The molecular weight excluding hydrogens is 238 g/mol. The minimum absolute atomic E-state index is 0.194. The molecule has 106 valence electrons. The number of nitrogens with zero attached hydrogens (tertiary/aromatic N) is 1. The number of hydrogen-bond acceptors (Lipinski definition) is 3. The van der Waals surface area contributed by atoms with E-state index >= 15 is 0 Å². The van der Waals surface area contributed by atoms with E-state index in [2.05, 4.69) is 43.0 Å². The number of ether oxygens (including phenoxy) is 2. The molecule has 0 saturated carbocycles. The van der Waals surface area contributed by atoms with E-state index in [9.17, 15) is 0 Å². The highest BCUT2D eigenvalue weighted by Crippen LogP contribution is 2.20. The number of methoxy groups -OCH3 is 2. The largest absolute Gasteiger partial charge is 0.377 e. The summed E-state index contributed by atoms with van der Waals surface area (Å²) in [7, 11) is 3.52. The molecule has 19 heavy (non-hydrogen) atoms. The van der Waals surface area contributed by atoms with Gasteiger partial charge in [-0.1, -0.05) is 38.1 Å². The van der Waals surface area contributed by atoms with Gasteiger partial charge in [-0.2, -0.15) is 0 Å². The summed E-state index contributed by atoms with van der Waals surface area (Å²) in [6, 6.07) is 8.93. The highest BCUT2D eigenvalue weighted by Gasteiger charge is 2.32. The summed E-state index contributed by atoms with van der Waals surface area (Å²) in [4.78, 5) is 2.40. The van der Waals surface area contributed by atoms with E-state index in [-0.39, 0.29) is 12.2 Å². The predicted molar refractivity (Wildman–Crippen MR) is 77.4 cm³/mol. The Balaban J connectivity index is 1.94. The Bertz CT molecular complexity index is 376. The smallest absolute Gasteiger partial charge is 0.0971 e. The van der Waals surface area contributed by atoms with Crippen LogP contribution in [0.3, 0.4) is 0 Å².